The number of nitrogens with one attached hydrogen (secondary N) is 1. The van der Waals surface area contributed by atoms with E-state index in [2.05, 4.69) is 57.2 Å². The predicted molar refractivity (Wildman–Crippen MR) is 165 cm³/mol. The molecule has 220 valence electrons. The van der Waals surface area contributed by atoms with Gasteiger partial charge >= 0.3 is 0 Å². The van der Waals surface area contributed by atoms with Crippen molar-refractivity contribution in [2.75, 3.05) is 82.6 Å². The van der Waals surface area contributed by atoms with E-state index < -0.39 is 0 Å². The summed E-state index contributed by atoms with van der Waals surface area (Å²) >= 11 is 0. The smallest absolute Gasteiger partial charge is 0.151 e. The third-order valence-corrected chi connectivity index (χ3v) is 9.05. The van der Waals surface area contributed by atoms with Crippen molar-refractivity contribution in [2.24, 2.45) is 0 Å². The summed E-state index contributed by atoms with van der Waals surface area (Å²) in [5, 5.41) is 3.64. The van der Waals surface area contributed by atoms with Crippen LogP contribution >= 0.6 is 0 Å². The lowest BCUT2D eigenvalue weighted by molar-refractivity contribution is 0.0903. The number of fused-ring (bicyclic) bond motifs is 1. The van der Waals surface area contributed by atoms with E-state index in [1.165, 1.54) is 44.7 Å². The van der Waals surface area contributed by atoms with E-state index in [0.29, 0.717) is 23.4 Å². The van der Waals surface area contributed by atoms with Gasteiger partial charge in [0.2, 0.25) is 0 Å². The van der Waals surface area contributed by atoms with E-state index in [1.54, 1.807) is 13.3 Å². The second kappa shape index (κ2) is 12.3. The Morgan fingerprint density at radius 3 is 2.44 bits per heavy atom. The number of nitrogen functional groups attached to an aromatic ring is 1. The van der Waals surface area contributed by atoms with Crippen molar-refractivity contribution in [3.63, 3.8) is 0 Å². The Bertz CT molecular complexity index is 1350. The fraction of sp³-hybridized carbons (Fsp3) is 0.581. The fourth-order valence-electron chi connectivity index (χ4n) is 6.46. The van der Waals surface area contributed by atoms with E-state index in [0.717, 1.165) is 79.5 Å². The molecule has 5 heterocycles. The summed E-state index contributed by atoms with van der Waals surface area (Å²) in [5.74, 6) is 2.01. The zero-order valence-electron chi connectivity index (χ0n) is 24.7. The Morgan fingerprint density at radius 1 is 0.976 bits per heavy atom. The zero-order chi connectivity index (χ0) is 28.3. The normalized spacial score (nSPS) is 20.0. The number of nitrogens with two attached hydrogens (primary N) is 1. The summed E-state index contributed by atoms with van der Waals surface area (Å²) in [7, 11) is 3.95. The monoisotopic (exact) mass is 560 g/mol. The predicted octanol–water partition coefficient (Wildman–Crippen LogP) is 3.65. The molecule has 3 aliphatic rings. The highest BCUT2D eigenvalue weighted by molar-refractivity contribution is 5.98. The Hall–Kier alpha value is -3.21. The molecule has 0 aliphatic carbocycles. The second-order valence-electron chi connectivity index (χ2n) is 11.6. The molecule has 3 aromatic rings. The topological polar surface area (TPSA) is 105 Å². The van der Waals surface area contributed by atoms with Crippen LogP contribution in [-0.4, -0.2) is 103 Å². The third-order valence-electron chi connectivity index (χ3n) is 9.05. The number of benzene rings is 1. The van der Waals surface area contributed by atoms with E-state index in [-0.39, 0.29) is 0 Å². The molecule has 10 nitrogen and oxygen atoms in total. The van der Waals surface area contributed by atoms with Crippen molar-refractivity contribution >= 4 is 28.4 Å². The van der Waals surface area contributed by atoms with E-state index in [1.807, 2.05) is 0 Å². The van der Waals surface area contributed by atoms with E-state index >= 15 is 0 Å². The number of aromatic nitrogens is 3. The molecule has 3 fully saturated rings. The van der Waals surface area contributed by atoms with Crippen LogP contribution < -0.4 is 20.7 Å². The summed E-state index contributed by atoms with van der Waals surface area (Å²) in [4.78, 5) is 22.2. The standard InChI is InChI=1S/C31H44N8O2/c1-4-26-31(34-21-9-17-41-18-10-21)36-28-25(20-33-30(32)29(28)35-26)24-6-5-23(19-27(24)40-3)38-11-7-22(8-12-38)39-15-13-37(2)14-16-39/h5-6,19-22H,4,7-18H2,1-3H3,(H2,32,33)(H,34,36). The number of hydrogen-bond donors (Lipinski definition) is 2. The number of rotatable bonds is 7. The third kappa shape index (κ3) is 5.91. The molecule has 3 N–H and O–H groups in total. The number of likely N-dealkylation sites (N-methyl/N-ethyl adjacent to an activating group) is 1. The molecular formula is C31H44N8O2. The molecule has 0 radical (unpaired) electrons. The number of ether oxygens (including phenoxy) is 2. The van der Waals surface area contributed by atoms with E-state index in [9.17, 15) is 0 Å². The quantitative estimate of drug-likeness (QED) is 0.445. The van der Waals surface area contributed by atoms with Gasteiger partial charge in [0.25, 0.3) is 0 Å². The number of pyridine rings is 1. The van der Waals surface area contributed by atoms with Crippen molar-refractivity contribution < 1.29 is 9.47 Å². The molecule has 0 atom stereocenters. The first-order valence-electron chi connectivity index (χ1n) is 15.2. The summed E-state index contributed by atoms with van der Waals surface area (Å²) in [6.07, 6.45) is 6.85. The minimum atomic E-state index is 0.317. The lowest BCUT2D eigenvalue weighted by atomic mass is 10.00. The summed E-state index contributed by atoms with van der Waals surface area (Å²) in [5.41, 5.74) is 11.6. The fourth-order valence-corrected chi connectivity index (χ4v) is 6.46. The maximum Gasteiger partial charge on any atom is 0.151 e. The van der Waals surface area contributed by atoms with E-state index in [4.69, 9.17) is 25.2 Å². The molecule has 0 unspecified atom stereocenters. The van der Waals surface area contributed by atoms with Crippen LogP contribution in [-0.2, 0) is 11.2 Å². The summed E-state index contributed by atoms with van der Waals surface area (Å²) < 4.78 is 11.5. The van der Waals surface area contributed by atoms with Crippen LogP contribution in [0.5, 0.6) is 5.75 Å². The minimum Gasteiger partial charge on any atom is -0.496 e. The lowest BCUT2D eigenvalue weighted by Gasteiger charge is -2.42. The number of methoxy groups -OCH3 is 1. The Balaban J connectivity index is 1.27. The number of aryl methyl sites for hydroxylation is 1. The van der Waals surface area contributed by atoms with Gasteiger partial charge in [0, 0.05) is 93.6 Å². The largest absolute Gasteiger partial charge is 0.496 e. The average molecular weight is 561 g/mol. The van der Waals surface area contributed by atoms with Crippen LogP contribution in [0.15, 0.2) is 24.4 Å². The molecule has 0 amide bonds. The van der Waals surface area contributed by atoms with Gasteiger partial charge in [-0.1, -0.05) is 6.92 Å². The Labute approximate surface area is 243 Å². The molecule has 0 bridgehead atoms. The molecule has 6 rings (SSSR count). The molecule has 3 aliphatic heterocycles. The van der Waals surface area contributed by atoms with Gasteiger partial charge in [0.1, 0.15) is 22.6 Å². The summed E-state index contributed by atoms with van der Waals surface area (Å²) in [6.45, 7) is 10.4. The van der Waals surface area contributed by atoms with Gasteiger partial charge in [0.15, 0.2) is 5.82 Å². The van der Waals surface area contributed by atoms with Crippen LogP contribution in [0.3, 0.4) is 0 Å². The first kappa shape index (κ1) is 27.9. The van der Waals surface area contributed by atoms with Crippen molar-refractivity contribution in [3.8, 4) is 16.9 Å². The highest BCUT2D eigenvalue weighted by atomic mass is 16.5. The summed E-state index contributed by atoms with van der Waals surface area (Å²) in [6, 6.07) is 7.49. The van der Waals surface area contributed by atoms with Crippen LogP contribution in [0.4, 0.5) is 17.3 Å². The Kier molecular flexibility index (Phi) is 8.41. The number of nitrogens with zero attached hydrogens (tertiary/aromatic N) is 6. The zero-order valence-corrected chi connectivity index (χ0v) is 24.7. The average Bonchev–Trinajstić information content (AvgIpc) is 3.02. The molecule has 2 aromatic heterocycles. The van der Waals surface area contributed by atoms with Gasteiger partial charge in [-0.3, -0.25) is 4.90 Å². The number of piperidine rings is 1. The molecule has 41 heavy (non-hydrogen) atoms. The van der Waals surface area contributed by atoms with Crippen molar-refractivity contribution in [1.29, 1.82) is 0 Å². The lowest BCUT2D eigenvalue weighted by Crippen LogP contribution is -2.52. The van der Waals surface area contributed by atoms with Gasteiger partial charge in [-0.25, -0.2) is 15.0 Å². The SMILES string of the molecule is CCc1nc2c(N)ncc(-c3ccc(N4CCC(N5CCN(C)CC5)CC4)cc3OC)c2nc1NC1CCOCC1. The molecule has 10 heteroatoms. The van der Waals surface area contributed by atoms with Crippen molar-refractivity contribution in [1.82, 2.24) is 24.8 Å². The highest BCUT2D eigenvalue weighted by Crippen LogP contribution is 2.38. The van der Waals surface area contributed by atoms with Crippen LogP contribution in [0.1, 0.15) is 38.3 Å². The molecular weight excluding hydrogens is 516 g/mol. The number of piperazine rings is 1. The minimum absolute atomic E-state index is 0.317. The van der Waals surface area contributed by atoms with Gasteiger partial charge in [-0.2, -0.15) is 0 Å². The second-order valence-corrected chi connectivity index (χ2v) is 11.6. The van der Waals surface area contributed by atoms with Gasteiger partial charge in [-0.05, 0) is 51.3 Å². The van der Waals surface area contributed by atoms with Gasteiger partial charge < -0.3 is 30.3 Å². The van der Waals surface area contributed by atoms with Crippen LogP contribution in [0.25, 0.3) is 22.2 Å². The van der Waals surface area contributed by atoms with Crippen LogP contribution in [0.2, 0.25) is 0 Å². The maximum atomic E-state index is 6.33. The first-order chi connectivity index (χ1) is 20.0. The highest BCUT2D eigenvalue weighted by Gasteiger charge is 2.27. The van der Waals surface area contributed by atoms with Gasteiger partial charge in [-0.15, -0.1) is 0 Å². The molecule has 3 saturated heterocycles. The Morgan fingerprint density at radius 2 is 1.73 bits per heavy atom. The van der Waals surface area contributed by atoms with Crippen molar-refractivity contribution in [2.45, 2.75) is 51.1 Å². The molecule has 0 saturated carbocycles. The molecule has 1 aromatic carbocycles. The number of hydrogen-bond acceptors (Lipinski definition) is 10. The number of anilines is 3. The molecule has 0 spiro atoms. The van der Waals surface area contributed by atoms with Crippen molar-refractivity contribution in [3.05, 3.63) is 30.1 Å². The van der Waals surface area contributed by atoms with Crippen LogP contribution in [0, 0.1) is 0 Å². The van der Waals surface area contributed by atoms with Gasteiger partial charge in [0.05, 0.1) is 12.8 Å². The first-order valence-corrected chi connectivity index (χ1v) is 15.2. The maximum absolute atomic E-state index is 6.33.